The first-order chi connectivity index (χ1) is 11.1. The van der Waals surface area contributed by atoms with Crippen LogP contribution in [0.25, 0.3) is 0 Å². The predicted molar refractivity (Wildman–Crippen MR) is 96.5 cm³/mol. The maximum Gasteiger partial charge on any atom is 0.319 e. The number of ether oxygens (including phenoxy) is 1. The molecule has 0 fully saturated rings. The fourth-order valence-electron chi connectivity index (χ4n) is 2.90. The highest BCUT2D eigenvalue weighted by molar-refractivity contribution is 6.03. The van der Waals surface area contributed by atoms with E-state index in [9.17, 15) is 9.59 Å². The molecule has 136 valence electrons. The fourth-order valence-corrected chi connectivity index (χ4v) is 2.90. The van der Waals surface area contributed by atoms with Gasteiger partial charge in [0, 0.05) is 6.42 Å². The van der Waals surface area contributed by atoms with E-state index in [1.54, 1.807) is 0 Å². The minimum Gasteiger partial charge on any atom is -0.465 e. The summed E-state index contributed by atoms with van der Waals surface area (Å²) in [5, 5.41) is 0. The second-order valence-corrected chi connectivity index (χ2v) is 6.66. The van der Waals surface area contributed by atoms with E-state index in [0.717, 1.165) is 57.8 Å². The smallest absolute Gasteiger partial charge is 0.319 e. The number of ketones is 1. The second kappa shape index (κ2) is 13.6. The lowest BCUT2D eigenvalue weighted by atomic mass is 9.73. The van der Waals surface area contributed by atoms with Crippen molar-refractivity contribution in [2.24, 2.45) is 5.41 Å². The molecule has 23 heavy (non-hydrogen) atoms. The van der Waals surface area contributed by atoms with Gasteiger partial charge in [0.15, 0.2) is 0 Å². The maximum atomic E-state index is 12.9. The number of carbonyl (C=O) groups is 2. The van der Waals surface area contributed by atoms with E-state index in [1.165, 1.54) is 0 Å². The molecule has 3 heteroatoms. The van der Waals surface area contributed by atoms with Crippen molar-refractivity contribution in [1.29, 1.82) is 0 Å². The Bertz CT molecular complexity index is 291. The molecular formula is C20H38O3. The zero-order valence-electron chi connectivity index (χ0n) is 15.9. The van der Waals surface area contributed by atoms with Gasteiger partial charge >= 0.3 is 5.97 Å². The van der Waals surface area contributed by atoms with Crippen molar-refractivity contribution in [2.45, 2.75) is 105 Å². The Morgan fingerprint density at radius 1 is 0.739 bits per heavy atom. The quantitative estimate of drug-likeness (QED) is 0.215. The average molecular weight is 327 g/mol. The predicted octanol–water partition coefficient (Wildman–Crippen LogP) is 5.85. The Morgan fingerprint density at radius 2 is 1.26 bits per heavy atom. The summed E-state index contributed by atoms with van der Waals surface area (Å²) >= 11 is 0. The summed E-state index contributed by atoms with van der Waals surface area (Å²) in [7, 11) is 0. The van der Waals surface area contributed by atoms with Crippen molar-refractivity contribution in [3.05, 3.63) is 0 Å². The molecule has 0 saturated heterocycles. The molecule has 0 aliphatic heterocycles. The molecule has 0 aromatic rings. The van der Waals surface area contributed by atoms with Crippen LogP contribution in [0.15, 0.2) is 0 Å². The van der Waals surface area contributed by atoms with Crippen LogP contribution in [-0.4, -0.2) is 18.4 Å². The van der Waals surface area contributed by atoms with Crippen LogP contribution in [0.2, 0.25) is 0 Å². The van der Waals surface area contributed by atoms with Crippen molar-refractivity contribution in [3.8, 4) is 0 Å². The molecule has 0 aliphatic carbocycles. The second-order valence-electron chi connectivity index (χ2n) is 6.66. The number of carbonyl (C=O) groups excluding carboxylic acids is 2. The first kappa shape index (κ1) is 22.1. The van der Waals surface area contributed by atoms with Gasteiger partial charge in [-0.3, -0.25) is 9.59 Å². The fraction of sp³-hybridized carbons (Fsp3) is 0.900. The molecule has 0 radical (unpaired) electrons. The van der Waals surface area contributed by atoms with E-state index >= 15 is 0 Å². The van der Waals surface area contributed by atoms with E-state index in [1.807, 2.05) is 0 Å². The van der Waals surface area contributed by atoms with Crippen LogP contribution in [0.5, 0.6) is 0 Å². The molecule has 0 aromatic heterocycles. The van der Waals surface area contributed by atoms with E-state index in [0.29, 0.717) is 25.9 Å². The average Bonchev–Trinajstić information content (AvgIpc) is 2.55. The van der Waals surface area contributed by atoms with Crippen LogP contribution in [0.3, 0.4) is 0 Å². The third kappa shape index (κ3) is 7.99. The number of rotatable bonds is 15. The van der Waals surface area contributed by atoms with Crippen molar-refractivity contribution in [3.63, 3.8) is 0 Å². The van der Waals surface area contributed by atoms with Gasteiger partial charge in [-0.25, -0.2) is 0 Å². The molecule has 0 aromatic carbocycles. The number of hydrogen-bond donors (Lipinski definition) is 0. The molecule has 0 aliphatic rings. The first-order valence-corrected chi connectivity index (χ1v) is 9.79. The summed E-state index contributed by atoms with van der Waals surface area (Å²) in [6, 6.07) is 0. The van der Waals surface area contributed by atoms with Crippen molar-refractivity contribution in [2.75, 3.05) is 6.61 Å². The van der Waals surface area contributed by atoms with Crippen LogP contribution in [0.1, 0.15) is 105 Å². The molecule has 0 spiro atoms. The van der Waals surface area contributed by atoms with E-state index < -0.39 is 5.41 Å². The Balaban J connectivity index is 5.12. The molecular weight excluding hydrogens is 288 g/mol. The van der Waals surface area contributed by atoms with Crippen LogP contribution in [0.4, 0.5) is 0 Å². The van der Waals surface area contributed by atoms with Crippen molar-refractivity contribution in [1.82, 2.24) is 0 Å². The monoisotopic (exact) mass is 326 g/mol. The van der Waals surface area contributed by atoms with Gasteiger partial charge in [0.25, 0.3) is 0 Å². The van der Waals surface area contributed by atoms with Gasteiger partial charge in [0.2, 0.25) is 0 Å². The van der Waals surface area contributed by atoms with Gasteiger partial charge in [-0.05, 0) is 25.7 Å². The van der Waals surface area contributed by atoms with Crippen LogP contribution >= 0.6 is 0 Å². The lowest BCUT2D eigenvalue weighted by Gasteiger charge is -2.30. The zero-order chi connectivity index (χ0) is 17.6. The highest BCUT2D eigenvalue weighted by Crippen LogP contribution is 2.36. The minimum atomic E-state index is -0.881. The normalized spacial score (nSPS) is 11.5. The SMILES string of the molecule is CCCCCC(=O)C(CCCC)(CCCC)C(=O)OCCCC. The third-order valence-electron chi connectivity index (χ3n) is 4.58. The molecule has 0 atom stereocenters. The topological polar surface area (TPSA) is 43.4 Å². The Hall–Kier alpha value is -0.860. The Labute approximate surface area is 143 Å². The summed E-state index contributed by atoms with van der Waals surface area (Å²) in [6.45, 7) is 8.86. The molecule has 3 nitrogen and oxygen atoms in total. The van der Waals surface area contributed by atoms with Crippen molar-refractivity contribution >= 4 is 11.8 Å². The Kier molecular flexibility index (Phi) is 13.1. The summed E-state index contributed by atoms with van der Waals surface area (Å²) < 4.78 is 5.51. The summed E-state index contributed by atoms with van der Waals surface area (Å²) in [5.41, 5.74) is -0.881. The zero-order valence-corrected chi connectivity index (χ0v) is 15.9. The number of hydrogen-bond acceptors (Lipinski definition) is 3. The largest absolute Gasteiger partial charge is 0.465 e. The number of unbranched alkanes of at least 4 members (excludes halogenated alkanes) is 5. The summed E-state index contributed by atoms with van der Waals surface area (Å²) in [6.07, 6.45) is 10.5. The van der Waals surface area contributed by atoms with Crippen molar-refractivity contribution < 1.29 is 14.3 Å². The van der Waals surface area contributed by atoms with Gasteiger partial charge in [0.1, 0.15) is 11.2 Å². The van der Waals surface area contributed by atoms with Crippen LogP contribution in [-0.2, 0) is 14.3 Å². The van der Waals surface area contributed by atoms with Gasteiger partial charge in [-0.15, -0.1) is 0 Å². The minimum absolute atomic E-state index is 0.120. The van der Waals surface area contributed by atoms with Crippen LogP contribution < -0.4 is 0 Å². The van der Waals surface area contributed by atoms with Gasteiger partial charge in [0.05, 0.1) is 6.61 Å². The highest BCUT2D eigenvalue weighted by atomic mass is 16.5. The van der Waals surface area contributed by atoms with E-state index in [4.69, 9.17) is 4.74 Å². The molecule has 0 unspecified atom stereocenters. The standard InChI is InChI=1S/C20H38O3/c1-5-9-13-14-18(21)20(15-10-6-2,16-11-7-3)19(22)23-17-12-8-4/h5-17H2,1-4H3. The van der Waals surface area contributed by atoms with Gasteiger partial charge in [-0.1, -0.05) is 72.6 Å². The highest BCUT2D eigenvalue weighted by Gasteiger charge is 2.44. The first-order valence-electron chi connectivity index (χ1n) is 9.79. The Morgan fingerprint density at radius 3 is 1.74 bits per heavy atom. The summed E-state index contributed by atoms with van der Waals surface area (Å²) in [5.74, 6) is -0.135. The van der Waals surface area contributed by atoms with E-state index in [-0.39, 0.29) is 11.8 Å². The van der Waals surface area contributed by atoms with Gasteiger partial charge in [-0.2, -0.15) is 0 Å². The lowest BCUT2D eigenvalue weighted by Crippen LogP contribution is -2.41. The maximum absolute atomic E-state index is 12.9. The molecule has 0 saturated carbocycles. The number of Topliss-reactive ketones (excluding diaryl/α,β-unsaturated/α-hetero) is 1. The lowest BCUT2D eigenvalue weighted by molar-refractivity contribution is -0.162. The molecule has 0 heterocycles. The molecule has 0 N–H and O–H groups in total. The van der Waals surface area contributed by atoms with Crippen LogP contribution in [0, 0.1) is 5.41 Å². The summed E-state index contributed by atoms with van der Waals surface area (Å²) in [4.78, 5) is 25.7. The number of esters is 1. The molecule has 0 bridgehead atoms. The molecule has 0 rings (SSSR count). The van der Waals surface area contributed by atoms with E-state index in [2.05, 4.69) is 27.7 Å². The third-order valence-corrected chi connectivity index (χ3v) is 4.58. The van der Waals surface area contributed by atoms with Gasteiger partial charge < -0.3 is 4.74 Å². The molecule has 0 amide bonds.